The Labute approximate surface area is 197 Å². The molecular weight excluding hydrogens is 398 g/mol. The summed E-state index contributed by atoms with van der Waals surface area (Å²) < 4.78 is 0.270. The lowest BCUT2D eigenvalue weighted by atomic mass is 10.0. The summed E-state index contributed by atoms with van der Waals surface area (Å²) >= 11 is 0. The van der Waals surface area contributed by atoms with Crippen LogP contribution in [-0.2, 0) is 11.3 Å². The number of rotatable bonds is 21. The molecule has 0 heterocycles. The second-order valence-corrected chi connectivity index (χ2v) is 10.0. The number of carboxylic acids is 1. The van der Waals surface area contributed by atoms with Gasteiger partial charge in [-0.15, -0.1) is 0 Å². The van der Waals surface area contributed by atoms with E-state index in [9.17, 15) is 15.0 Å². The number of hydrogen-bond acceptors (Lipinski definition) is 3. The Morgan fingerprint density at radius 1 is 0.844 bits per heavy atom. The molecule has 0 saturated carbocycles. The van der Waals surface area contributed by atoms with E-state index >= 15 is 0 Å². The topological polar surface area (TPSA) is 60.4 Å². The first-order chi connectivity index (χ1) is 15.4. The van der Waals surface area contributed by atoms with Crippen molar-refractivity contribution in [2.45, 2.75) is 116 Å². The molecule has 0 aromatic heterocycles. The van der Waals surface area contributed by atoms with Gasteiger partial charge in [-0.3, -0.25) is 0 Å². The highest BCUT2D eigenvalue weighted by Crippen LogP contribution is 2.17. The van der Waals surface area contributed by atoms with Crippen LogP contribution < -0.4 is 5.11 Å². The summed E-state index contributed by atoms with van der Waals surface area (Å²) in [7, 11) is 1.90. The van der Waals surface area contributed by atoms with E-state index in [0.717, 1.165) is 24.8 Å². The molecule has 4 heteroatoms. The SMILES string of the molecule is CCCCCCCCCCCCCCCCC(O)C[N+](C)(CC(=O)[O-])Cc1ccccc1. The highest BCUT2D eigenvalue weighted by molar-refractivity contribution is 5.65. The molecule has 1 aromatic rings. The molecule has 0 bridgehead atoms. The lowest BCUT2D eigenvalue weighted by molar-refractivity contribution is -0.920. The van der Waals surface area contributed by atoms with Gasteiger partial charge in [0, 0.05) is 5.56 Å². The molecule has 0 aliphatic rings. The molecule has 0 spiro atoms. The summed E-state index contributed by atoms with van der Waals surface area (Å²) in [5.74, 6) is -1.06. The first kappa shape index (κ1) is 28.6. The van der Waals surface area contributed by atoms with Crippen LogP contribution in [0.4, 0.5) is 0 Å². The summed E-state index contributed by atoms with van der Waals surface area (Å²) in [5.41, 5.74) is 1.08. The minimum Gasteiger partial charge on any atom is -0.544 e. The average molecular weight is 448 g/mol. The maximum absolute atomic E-state index is 11.3. The van der Waals surface area contributed by atoms with Crippen molar-refractivity contribution >= 4 is 5.97 Å². The van der Waals surface area contributed by atoms with Gasteiger partial charge >= 0.3 is 0 Å². The molecule has 0 amide bonds. The van der Waals surface area contributed by atoms with Crippen LogP contribution in [0.25, 0.3) is 0 Å². The number of aliphatic hydroxyl groups is 1. The molecule has 2 unspecified atom stereocenters. The van der Waals surface area contributed by atoms with Crippen LogP contribution in [-0.4, -0.2) is 41.8 Å². The summed E-state index contributed by atoms with van der Waals surface area (Å²) in [4.78, 5) is 11.3. The third-order valence-electron chi connectivity index (χ3n) is 6.46. The number of quaternary nitrogens is 1. The van der Waals surface area contributed by atoms with Crippen molar-refractivity contribution < 1.29 is 19.5 Å². The molecule has 0 saturated heterocycles. The van der Waals surface area contributed by atoms with Crippen molar-refractivity contribution in [3.8, 4) is 0 Å². The molecule has 0 fully saturated rings. The number of unbranched alkanes of at least 4 members (excludes halogenated alkanes) is 13. The molecular formula is C28H49NO3. The van der Waals surface area contributed by atoms with Crippen molar-refractivity contribution in [1.82, 2.24) is 0 Å². The van der Waals surface area contributed by atoms with E-state index in [1.165, 1.54) is 77.0 Å². The van der Waals surface area contributed by atoms with E-state index in [-0.39, 0.29) is 11.0 Å². The van der Waals surface area contributed by atoms with E-state index in [2.05, 4.69) is 6.92 Å². The maximum Gasteiger partial charge on any atom is 0.119 e. The van der Waals surface area contributed by atoms with Gasteiger partial charge < -0.3 is 19.5 Å². The fourth-order valence-electron chi connectivity index (χ4n) is 4.70. The van der Waals surface area contributed by atoms with Gasteiger partial charge in [0.05, 0.1) is 13.0 Å². The largest absolute Gasteiger partial charge is 0.544 e. The Morgan fingerprint density at radius 2 is 1.31 bits per heavy atom. The van der Waals surface area contributed by atoms with E-state index in [0.29, 0.717) is 13.1 Å². The number of likely N-dealkylation sites (N-methyl/N-ethyl adjacent to an activating group) is 1. The van der Waals surface area contributed by atoms with Crippen LogP contribution in [0.15, 0.2) is 30.3 Å². The summed E-state index contributed by atoms with van der Waals surface area (Å²) in [5, 5.41) is 21.8. The lowest BCUT2D eigenvalue weighted by Gasteiger charge is -2.36. The van der Waals surface area contributed by atoms with E-state index in [1.807, 2.05) is 37.4 Å². The van der Waals surface area contributed by atoms with Gasteiger partial charge in [0.15, 0.2) is 0 Å². The van der Waals surface area contributed by atoms with E-state index < -0.39 is 12.1 Å². The van der Waals surface area contributed by atoms with Crippen LogP contribution in [0.2, 0.25) is 0 Å². The van der Waals surface area contributed by atoms with Crippen LogP contribution >= 0.6 is 0 Å². The van der Waals surface area contributed by atoms with Crippen molar-refractivity contribution in [2.24, 2.45) is 0 Å². The maximum atomic E-state index is 11.3. The molecule has 32 heavy (non-hydrogen) atoms. The Balaban J connectivity index is 2.09. The molecule has 184 valence electrons. The number of hydrogen-bond donors (Lipinski definition) is 1. The molecule has 1 N–H and O–H groups in total. The van der Waals surface area contributed by atoms with Gasteiger partial charge in [-0.1, -0.05) is 127 Å². The number of carboxylic acid groups (broad SMARTS) is 1. The smallest absolute Gasteiger partial charge is 0.119 e. The predicted octanol–water partition coefficient (Wildman–Crippen LogP) is 5.62. The third kappa shape index (κ3) is 15.4. The van der Waals surface area contributed by atoms with Gasteiger partial charge in [-0.25, -0.2) is 0 Å². The first-order valence-corrected chi connectivity index (χ1v) is 13.2. The third-order valence-corrected chi connectivity index (χ3v) is 6.46. The molecule has 1 rings (SSSR count). The zero-order chi connectivity index (χ0) is 23.5. The van der Waals surface area contributed by atoms with Crippen LogP contribution in [0, 0.1) is 0 Å². The van der Waals surface area contributed by atoms with Gasteiger partial charge in [0.1, 0.15) is 25.7 Å². The predicted molar refractivity (Wildman–Crippen MR) is 132 cm³/mol. The van der Waals surface area contributed by atoms with Crippen LogP contribution in [0.3, 0.4) is 0 Å². The Kier molecular flexibility index (Phi) is 16.2. The summed E-state index contributed by atoms with van der Waals surface area (Å²) in [6.45, 7) is 3.22. The Hall–Kier alpha value is -1.39. The molecule has 2 atom stereocenters. The number of carbonyl (C=O) groups is 1. The molecule has 1 aromatic carbocycles. The molecule has 0 radical (unpaired) electrons. The normalized spacial score (nSPS) is 14.2. The second-order valence-electron chi connectivity index (χ2n) is 10.0. The van der Waals surface area contributed by atoms with Crippen LogP contribution in [0.5, 0.6) is 0 Å². The second kappa shape index (κ2) is 18.1. The molecule has 0 aliphatic heterocycles. The van der Waals surface area contributed by atoms with Gasteiger partial charge in [0.25, 0.3) is 0 Å². The standard InChI is InChI=1S/C28H49NO3/c1-3-4-5-6-7-8-9-10-11-12-13-14-15-19-22-27(30)24-29(2,25-28(31)32)23-26-20-17-16-18-21-26/h16-18,20-21,27,30H,3-15,19,22-25H2,1-2H3. The Bertz CT molecular complexity index is 577. The molecule has 0 aliphatic carbocycles. The number of carbonyl (C=O) groups excluding carboxylic acids is 1. The van der Waals surface area contributed by atoms with Crippen molar-refractivity contribution in [2.75, 3.05) is 20.1 Å². The number of aliphatic carboxylic acids is 1. The fraction of sp³-hybridized carbons (Fsp3) is 0.750. The monoisotopic (exact) mass is 447 g/mol. The quantitative estimate of drug-likeness (QED) is 0.197. The fourth-order valence-corrected chi connectivity index (χ4v) is 4.70. The highest BCUT2D eigenvalue weighted by atomic mass is 16.4. The average Bonchev–Trinajstić information content (AvgIpc) is 2.73. The first-order valence-electron chi connectivity index (χ1n) is 13.2. The zero-order valence-electron chi connectivity index (χ0n) is 20.9. The van der Waals surface area contributed by atoms with E-state index in [4.69, 9.17) is 0 Å². The zero-order valence-corrected chi connectivity index (χ0v) is 20.9. The van der Waals surface area contributed by atoms with Gasteiger partial charge in [0.2, 0.25) is 0 Å². The van der Waals surface area contributed by atoms with Crippen molar-refractivity contribution in [1.29, 1.82) is 0 Å². The van der Waals surface area contributed by atoms with Gasteiger partial charge in [-0.2, -0.15) is 0 Å². The van der Waals surface area contributed by atoms with Gasteiger partial charge in [-0.05, 0) is 6.42 Å². The van der Waals surface area contributed by atoms with E-state index in [1.54, 1.807) is 0 Å². The highest BCUT2D eigenvalue weighted by Gasteiger charge is 2.26. The summed E-state index contributed by atoms with van der Waals surface area (Å²) in [6, 6.07) is 9.89. The number of benzene rings is 1. The summed E-state index contributed by atoms with van der Waals surface area (Å²) in [6.07, 6.45) is 18.8. The lowest BCUT2D eigenvalue weighted by Crippen LogP contribution is -2.53. The number of aliphatic hydroxyl groups excluding tert-OH is 1. The van der Waals surface area contributed by atoms with Crippen LogP contribution in [0.1, 0.15) is 109 Å². The number of nitrogens with zero attached hydrogens (tertiary/aromatic N) is 1. The van der Waals surface area contributed by atoms with Crippen molar-refractivity contribution in [3.63, 3.8) is 0 Å². The minimum atomic E-state index is -1.06. The van der Waals surface area contributed by atoms with Crippen molar-refractivity contribution in [3.05, 3.63) is 35.9 Å². The minimum absolute atomic E-state index is 0.0787. The Morgan fingerprint density at radius 3 is 1.78 bits per heavy atom. The molecule has 4 nitrogen and oxygen atoms in total.